The number of halogens is 1. The summed E-state index contributed by atoms with van der Waals surface area (Å²) in [5, 5.41) is 10.3. The van der Waals surface area contributed by atoms with Gasteiger partial charge in [-0.1, -0.05) is 53.3 Å². The average molecular weight is 409 g/mol. The lowest BCUT2D eigenvalue weighted by Crippen LogP contribution is -2.26. The number of carbonyl (C=O) groups excluding carboxylic acids is 1. The monoisotopic (exact) mass is 408 g/mol. The predicted octanol–water partition coefficient (Wildman–Crippen LogP) is 3.27. The lowest BCUT2D eigenvalue weighted by molar-refractivity contribution is 0.102. The number of aromatic nitrogens is 2. The molecule has 3 rings (SSSR count). The van der Waals surface area contributed by atoms with E-state index < -0.39 is 15.9 Å². The van der Waals surface area contributed by atoms with Gasteiger partial charge in [-0.2, -0.15) is 8.42 Å². The molecule has 0 fully saturated rings. The summed E-state index contributed by atoms with van der Waals surface area (Å²) >= 11 is 6.74. The normalized spacial score (nSPS) is 11.2. The maximum absolute atomic E-state index is 12.7. The quantitative estimate of drug-likeness (QED) is 0.654. The molecular weight excluding hydrogens is 396 g/mol. The first kappa shape index (κ1) is 18.3. The fourth-order valence-corrected chi connectivity index (χ4v) is 4.53. The Morgan fingerprint density at radius 1 is 1.08 bits per heavy atom. The van der Waals surface area contributed by atoms with Crippen molar-refractivity contribution in [3.8, 4) is 0 Å². The Morgan fingerprint density at radius 2 is 1.73 bits per heavy atom. The first-order valence-electron chi connectivity index (χ1n) is 7.33. The summed E-state index contributed by atoms with van der Waals surface area (Å²) in [6.07, 6.45) is 0. The van der Waals surface area contributed by atoms with Gasteiger partial charge in [0.25, 0.3) is 20.3 Å². The fourth-order valence-electron chi connectivity index (χ4n) is 2.07. The Kier molecular flexibility index (Phi) is 5.21. The maximum atomic E-state index is 12.7. The van der Waals surface area contributed by atoms with Crippen LogP contribution in [0.5, 0.6) is 0 Å². The molecule has 0 spiro atoms. The second-order valence-electron chi connectivity index (χ2n) is 5.12. The predicted molar refractivity (Wildman–Crippen MR) is 101 cm³/mol. The molecule has 1 N–H and O–H groups in total. The van der Waals surface area contributed by atoms with E-state index in [-0.39, 0.29) is 20.1 Å². The minimum Gasteiger partial charge on any atom is -0.296 e. The fraction of sp³-hybridized carbons (Fsp3) is 0.0625. The Bertz CT molecular complexity index is 1040. The molecular formula is C16H13ClN4O3S2. The summed E-state index contributed by atoms with van der Waals surface area (Å²) in [5.41, 5.74) is 0.750. The summed E-state index contributed by atoms with van der Waals surface area (Å²) in [6.45, 7) is 0. The van der Waals surface area contributed by atoms with E-state index in [9.17, 15) is 13.2 Å². The van der Waals surface area contributed by atoms with Crippen LogP contribution < -0.4 is 9.62 Å². The van der Waals surface area contributed by atoms with E-state index in [4.69, 9.17) is 11.6 Å². The molecule has 7 nitrogen and oxygen atoms in total. The SMILES string of the molecule is CN(c1ccccc1)S(=O)(=O)c1nnc(NC(=O)c2ccccc2Cl)s1. The Balaban J connectivity index is 1.81. The summed E-state index contributed by atoms with van der Waals surface area (Å²) in [5.74, 6) is -0.493. The van der Waals surface area contributed by atoms with Crippen molar-refractivity contribution in [3.63, 3.8) is 0 Å². The Labute approximate surface area is 159 Å². The molecule has 0 unspecified atom stereocenters. The van der Waals surface area contributed by atoms with E-state index in [2.05, 4.69) is 15.5 Å². The number of carbonyl (C=O) groups is 1. The van der Waals surface area contributed by atoms with Crippen molar-refractivity contribution in [2.45, 2.75) is 4.34 Å². The lowest BCUT2D eigenvalue weighted by Gasteiger charge is -2.16. The number of benzene rings is 2. The third-order valence-corrected chi connectivity index (χ3v) is 6.75. The van der Waals surface area contributed by atoms with E-state index in [1.165, 1.54) is 7.05 Å². The van der Waals surface area contributed by atoms with Crippen LogP contribution in [-0.4, -0.2) is 31.6 Å². The zero-order valence-corrected chi connectivity index (χ0v) is 15.8. The molecule has 1 heterocycles. The number of sulfonamides is 1. The van der Waals surface area contributed by atoms with E-state index in [0.717, 1.165) is 15.6 Å². The van der Waals surface area contributed by atoms with Crippen molar-refractivity contribution in [2.24, 2.45) is 0 Å². The highest BCUT2D eigenvalue weighted by atomic mass is 35.5. The van der Waals surface area contributed by atoms with Gasteiger partial charge < -0.3 is 0 Å². The van der Waals surface area contributed by atoms with Crippen molar-refractivity contribution >= 4 is 49.7 Å². The van der Waals surface area contributed by atoms with Crippen LogP contribution in [0.1, 0.15) is 10.4 Å². The van der Waals surface area contributed by atoms with Crippen molar-refractivity contribution in [2.75, 3.05) is 16.7 Å². The van der Waals surface area contributed by atoms with Gasteiger partial charge in [-0.3, -0.25) is 14.4 Å². The molecule has 26 heavy (non-hydrogen) atoms. The van der Waals surface area contributed by atoms with Crippen LogP contribution in [0.2, 0.25) is 5.02 Å². The van der Waals surface area contributed by atoms with Gasteiger partial charge >= 0.3 is 0 Å². The van der Waals surface area contributed by atoms with Crippen molar-refractivity contribution in [1.82, 2.24) is 10.2 Å². The molecule has 3 aromatic rings. The smallest absolute Gasteiger partial charge is 0.293 e. The number of para-hydroxylation sites is 1. The summed E-state index contributed by atoms with van der Waals surface area (Å²) in [6, 6.07) is 15.1. The zero-order valence-electron chi connectivity index (χ0n) is 13.5. The Morgan fingerprint density at radius 3 is 2.42 bits per heavy atom. The molecule has 0 radical (unpaired) electrons. The molecule has 0 saturated carbocycles. The van der Waals surface area contributed by atoms with Gasteiger partial charge in [0.1, 0.15) is 0 Å². The molecule has 1 amide bonds. The molecule has 1 aromatic heterocycles. The molecule has 0 aliphatic heterocycles. The molecule has 0 saturated heterocycles. The summed E-state index contributed by atoms with van der Waals surface area (Å²) < 4.78 is 26.2. The molecule has 0 aliphatic rings. The van der Waals surface area contributed by atoms with Gasteiger partial charge in [0.2, 0.25) is 5.13 Å². The van der Waals surface area contributed by atoms with Crippen LogP contribution in [-0.2, 0) is 10.0 Å². The van der Waals surface area contributed by atoms with Crippen LogP contribution in [0.3, 0.4) is 0 Å². The van der Waals surface area contributed by atoms with Crippen LogP contribution in [0.4, 0.5) is 10.8 Å². The van der Waals surface area contributed by atoms with E-state index in [1.54, 1.807) is 54.6 Å². The van der Waals surface area contributed by atoms with Crippen LogP contribution in [0.15, 0.2) is 58.9 Å². The molecule has 0 bridgehead atoms. The zero-order chi connectivity index (χ0) is 18.7. The van der Waals surface area contributed by atoms with Crippen LogP contribution >= 0.6 is 22.9 Å². The molecule has 10 heteroatoms. The largest absolute Gasteiger partial charge is 0.296 e. The number of nitrogens with one attached hydrogen (secondary N) is 1. The van der Waals surface area contributed by atoms with Gasteiger partial charge in [0, 0.05) is 7.05 Å². The third kappa shape index (κ3) is 3.69. The highest BCUT2D eigenvalue weighted by molar-refractivity contribution is 7.94. The van der Waals surface area contributed by atoms with Gasteiger partial charge in [-0.15, -0.1) is 10.2 Å². The molecule has 2 aromatic carbocycles. The van der Waals surface area contributed by atoms with E-state index in [0.29, 0.717) is 5.69 Å². The first-order chi connectivity index (χ1) is 12.4. The number of hydrogen-bond acceptors (Lipinski definition) is 6. The molecule has 134 valence electrons. The van der Waals surface area contributed by atoms with Gasteiger partial charge in [0.15, 0.2) is 0 Å². The number of hydrogen-bond donors (Lipinski definition) is 1. The number of nitrogens with zero attached hydrogens (tertiary/aromatic N) is 3. The molecule has 0 atom stereocenters. The van der Waals surface area contributed by atoms with Gasteiger partial charge in [-0.05, 0) is 24.3 Å². The minimum atomic E-state index is -3.88. The number of rotatable bonds is 5. The van der Waals surface area contributed by atoms with E-state index in [1.807, 2.05) is 0 Å². The second kappa shape index (κ2) is 7.40. The topological polar surface area (TPSA) is 92.3 Å². The van der Waals surface area contributed by atoms with Gasteiger partial charge in [-0.25, -0.2) is 0 Å². The highest BCUT2D eigenvalue weighted by Crippen LogP contribution is 2.26. The van der Waals surface area contributed by atoms with Crippen molar-refractivity contribution < 1.29 is 13.2 Å². The van der Waals surface area contributed by atoms with E-state index >= 15 is 0 Å². The van der Waals surface area contributed by atoms with Gasteiger partial charge in [0.05, 0.1) is 16.3 Å². The number of amides is 1. The molecule has 0 aliphatic carbocycles. The van der Waals surface area contributed by atoms with Crippen molar-refractivity contribution in [1.29, 1.82) is 0 Å². The highest BCUT2D eigenvalue weighted by Gasteiger charge is 2.26. The van der Waals surface area contributed by atoms with Crippen LogP contribution in [0.25, 0.3) is 0 Å². The number of anilines is 2. The Hall–Kier alpha value is -2.49. The second-order valence-corrected chi connectivity index (χ2v) is 8.64. The summed E-state index contributed by atoms with van der Waals surface area (Å²) in [4.78, 5) is 12.2. The lowest BCUT2D eigenvalue weighted by atomic mass is 10.2. The first-order valence-corrected chi connectivity index (χ1v) is 9.96. The van der Waals surface area contributed by atoms with Crippen molar-refractivity contribution in [3.05, 3.63) is 65.2 Å². The average Bonchev–Trinajstić information content (AvgIpc) is 3.11. The minimum absolute atomic E-state index is 0.0648. The maximum Gasteiger partial charge on any atom is 0.293 e. The summed E-state index contributed by atoms with van der Waals surface area (Å²) in [7, 11) is -2.45. The van der Waals surface area contributed by atoms with Crippen LogP contribution in [0, 0.1) is 0 Å². The standard InChI is InChI=1S/C16H13ClN4O3S2/c1-21(11-7-3-2-4-8-11)26(23,24)16-20-19-15(25-16)18-14(22)12-9-5-6-10-13(12)17/h2-10H,1H3,(H,18,19,22). The third-order valence-electron chi connectivity index (χ3n) is 3.45.